The van der Waals surface area contributed by atoms with Crippen LogP contribution in [-0.2, 0) is 0 Å². The van der Waals surface area contributed by atoms with Gasteiger partial charge in [-0.1, -0.05) is 0 Å². The Morgan fingerprint density at radius 2 is 2.10 bits per heavy atom. The Morgan fingerprint density at radius 3 is 2.40 bits per heavy atom. The van der Waals surface area contributed by atoms with Crippen LogP contribution in [0.3, 0.4) is 0 Å². The number of hydrogen-bond donors (Lipinski definition) is 1. The minimum Gasteiger partial charge on any atom is -0.394 e. The number of rotatable bonds is 4. The maximum atomic E-state index is 8.57. The average molecular weight is 144 g/mol. The Balaban J connectivity index is 3.71. The number of hydrazone groups is 1. The maximum absolute atomic E-state index is 8.57. The molecule has 0 saturated carbocycles. The fraction of sp³-hybridized carbons (Fsp3) is 0.857. The van der Waals surface area contributed by atoms with E-state index in [1.54, 1.807) is 0 Å². The molecule has 0 saturated heterocycles. The van der Waals surface area contributed by atoms with E-state index in [0.717, 1.165) is 12.3 Å². The summed E-state index contributed by atoms with van der Waals surface area (Å²) in [6.45, 7) is 7.56. The van der Waals surface area contributed by atoms with Crippen LogP contribution < -0.4 is 0 Å². The van der Waals surface area contributed by atoms with E-state index in [-0.39, 0.29) is 6.61 Å². The first kappa shape index (κ1) is 9.43. The normalized spacial score (nSPS) is 9.20. The van der Waals surface area contributed by atoms with Crippen LogP contribution in [0.2, 0.25) is 0 Å². The van der Waals surface area contributed by atoms with Crippen molar-refractivity contribution >= 4 is 5.71 Å². The Hall–Kier alpha value is -0.570. The lowest BCUT2D eigenvalue weighted by molar-refractivity contribution is 0.207. The zero-order valence-electron chi connectivity index (χ0n) is 6.96. The minimum absolute atomic E-state index is 0.171. The predicted octanol–water partition coefficient (Wildman–Crippen LogP) is 0.696. The smallest absolute Gasteiger partial charge is 0.0623 e. The van der Waals surface area contributed by atoms with E-state index < -0.39 is 0 Å². The van der Waals surface area contributed by atoms with Gasteiger partial charge in [-0.3, -0.25) is 5.01 Å². The highest BCUT2D eigenvalue weighted by Crippen LogP contribution is 1.88. The van der Waals surface area contributed by atoms with Gasteiger partial charge in [0.05, 0.1) is 13.2 Å². The molecule has 0 heterocycles. The Labute approximate surface area is 62.3 Å². The lowest BCUT2D eigenvalue weighted by Crippen LogP contribution is -2.21. The summed E-state index contributed by atoms with van der Waals surface area (Å²) in [5.41, 5.74) is 1.02. The van der Waals surface area contributed by atoms with Gasteiger partial charge < -0.3 is 5.11 Å². The lowest BCUT2D eigenvalue weighted by Gasteiger charge is -2.15. The van der Waals surface area contributed by atoms with Crippen molar-refractivity contribution in [3.8, 4) is 0 Å². The maximum Gasteiger partial charge on any atom is 0.0623 e. The first-order chi connectivity index (χ1) is 4.70. The van der Waals surface area contributed by atoms with Crippen molar-refractivity contribution in [1.82, 2.24) is 5.01 Å². The Kier molecular flexibility index (Phi) is 4.94. The van der Waals surface area contributed by atoms with Crippen molar-refractivity contribution in [2.75, 3.05) is 19.7 Å². The lowest BCUT2D eigenvalue weighted by atomic mass is 10.5. The molecule has 0 unspecified atom stereocenters. The molecule has 3 nitrogen and oxygen atoms in total. The molecule has 0 aliphatic carbocycles. The van der Waals surface area contributed by atoms with Crippen LogP contribution in [0.4, 0.5) is 0 Å². The van der Waals surface area contributed by atoms with Crippen LogP contribution in [0, 0.1) is 0 Å². The molecule has 0 spiro atoms. The number of nitrogens with zero attached hydrogens (tertiary/aromatic N) is 2. The summed E-state index contributed by atoms with van der Waals surface area (Å²) < 4.78 is 0. The highest BCUT2D eigenvalue weighted by atomic mass is 16.3. The second-order valence-electron chi connectivity index (χ2n) is 2.32. The quantitative estimate of drug-likeness (QED) is 0.465. The molecule has 1 N–H and O–H groups in total. The van der Waals surface area contributed by atoms with Gasteiger partial charge in [0, 0.05) is 12.3 Å². The number of aliphatic hydroxyl groups is 1. The van der Waals surface area contributed by atoms with E-state index in [4.69, 9.17) is 5.11 Å². The zero-order valence-corrected chi connectivity index (χ0v) is 6.96. The SMILES string of the molecule is CCN(CCO)N=C(C)C. The van der Waals surface area contributed by atoms with Gasteiger partial charge in [0.15, 0.2) is 0 Å². The topological polar surface area (TPSA) is 35.8 Å². The molecule has 0 bridgehead atoms. The molecule has 0 aromatic carbocycles. The standard InChI is InChI=1S/C7H16N2O/c1-4-9(5-6-10)8-7(2)3/h10H,4-6H2,1-3H3. The second kappa shape index (κ2) is 5.23. The molecular weight excluding hydrogens is 128 g/mol. The van der Waals surface area contributed by atoms with Gasteiger partial charge in [-0.25, -0.2) is 0 Å². The van der Waals surface area contributed by atoms with Crippen LogP contribution in [-0.4, -0.2) is 35.5 Å². The summed E-state index contributed by atoms with van der Waals surface area (Å²) >= 11 is 0. The third-order valence-corrected chi connectivity index (χ3v) is 1.06. The van der Waals surface area contributed by atoms with Crippen molar-refractivity contribution in [3.05, 3.63) is 0 Å². The monoisotopic (exact) mass is 144 g/mol. The third kappa shape index (κ3) is 4.32. The molecule has 0 aliphatic heterocycles. The molecule has 0 radical (unpaired) electrons. The predicted molar refractivity (Wildman–Crippen MR) is 43.1 cm³/mol. The number of likely N-dealkylation sites (N-methyl/N-ethyl adjacent to an activating group) is 1. The minimum atomic E-state index is 0.171. The Morgan fingerprint density at radius 1 is 1.50 bits per heavy atom. The Bertz CT molecular complexity index is 108. The molecule has 0 fully saturated rings. The summed E-state index contributed by atoms with van der Waals surface area (Å²) in [6, 6.07) is 0. The zero-order chi connectivity index (χ0) is 7.98. The first-order valence-electron chi connectivity index (χ1n) is 3.58. The molecule has 10 heavy (non-hydrogen) atoms. The van der Waals surface area contributed by atoms with Crippen molar-refractivity contribution in [2.45, 2.75) is 20.8 Å². The summed E-state index contributed by atoms with van der Waals surface area (Å²) in [7, 11) is 0. The molecule has 0 aromatic heterocycles. The van der Waals surface area contributed by atoms with Gasteiger partial charge in [-0.05, 0) is 20.8 Å². The van der Waals surface area contributed by atoms with Gasteiger partial charge in [0.2, 0.25) is 0 Å². The van der Waals surface area contributed by atoms with Crippen LogP contribution in [0.15, 0.2) is 5.10 Å². The van der Waals surface area contributed by atoms with E-state index >= 15 is 0 Å². The fourth-order valence-corrected chi connectivity index (χ4v) is 0.677. The summed E-state index contributed by atoms with van der Waals surface area (Å²) in [6.07, 6.45) is 0. The van der Waals surface area contributed by atoms with E-state index in [1.807, 2.05) is 25.8 Å². The fourth-order valence-electron chi connectivity index (χ4n) is 0.677. The van der Waals surface area contributed by atoms with Gasteiger partial charge in [0.1, 0.15) is 0 Å². The van der Waals surface area contributed by atoms with Crippen LogP contribution >= 0.6 is 0 Å². The van der Waals surface area contributed by atoms with Crippen LogP contribution in [0.5, 0.6) is 0 Å². The van der Waals surface area contributed by atoms with Gasteiger partial charge >= 0.3 is 0 Å². The average Bonchev–Trinajstić information content (AvgIpc) is 1.86. The molecule has 0 aliphatic rings. The van der Waals surface area contributed by atoms with Crippen LogP contribution in [0.25, 0.3) is 0 Å². The van der Waals surface area contributed by atoms with Crippen molar-refractivity contribution < 1.29 is 5.11 Å². The van der Waals surface area contributed by atoms with Crippen LogP contribution in [0.1, 0.15) is 20.8 Å². The first-order valence-corrected chi connectivity index (χ1v) is 3.58. The van der Waals surface area contributed by atoms with E-state index in [9.17, 15) is 0 Å². The van der Waals surface area contributed by atoms with E-state index in [1.165, 1.54) is 0 Å². The van der Waals surface area contributed by atoms with Gasteiger partial charge in [0.25, 0.3) is 0 Å². The summed E-state index contributed by atoms with van der Waals surface area (Å²) in [5, 5.41) is 14.6. The molecular formula is C7H16N2O. The van der Waals surface area contributed by atoms with E-state index in [2.05, 4.69) is 5.10 Å². The largest absolute Gasteiger partial charge is 0.394 e. The molecule has 0 rings (SSSR count). The van der Waals surface area contributed by atoms with Gasteiger partial charge in [-0.2, -0.15) is 5.10 Å². The van der Waals surface area contributed by atoms with Crippen molar-refractivity contribution in [2.24, 2.45) is 5.10 Å². The molecule has 0 aromatic rings. The molecule has 3 heteroatoms. The van der Waals surface area contributed by atoms with Crippen molar-refractivity contribution in [3.63, 3.8) is 0 Å². The summed E-state index contributed by atoms with van der Waals surface area (Å²) in [5.74, 6) is 0. The number of hydrogen-bond acceptors (Lipinski definition) is 3. The summed E-state index contributed by atoms with van der Waals surface area (Å²) in [4.78, 5) is 0. The van der Waals surface area contributed by atoms with E-state index in [0.29, 0.717) is 6.54 Å². The second-order valence-corrected chi connectivity index (χ2v) is 2.32. The number of aliphatic hydroxyl groups excluding tert-OH is 1. The molecule has 0 amide bonds. The van der Waals surface area contributed by atoms with Crippen molar-refractivity contribution in [1.29, 1.82) is 0 Å². The van der Waals surface area contributed by atoms with Gasteiger partial charge in [-0.15, -0.1) is 0 Å². The highest BCUT2D eigenvalue weighted by Gasteiger charge is 1.93. The molecule has 0 atom stereocenters. The third-order valence-electron chi connectivity index (χ3n) is 1.06. The molecule has 60 valence electrons. The highest BCUT2D eigenvalue weighted by molar-refractivity contribution is 5.78.